The zero-order valence-electron chi connectivity index (χ0n) is 15.1. The quantitative estimate of drug-likeness (QED) is 0.553. The van der Waals surface area contributed by atoms with Crippen LogP contribution in [0.5, 0.6) is 0 Å². The molecule has 2 heterocycles. The van der Waals surface area contributed by atoms with E-state index < -0.39 is 0 Å². The molecule has 6 heteroatoms. The number of nitrogens with zero attached hydrogens (tertiary/aromatic N) is 3. The summed E-state index contributed by atoms with van der Waals surface area (Å²) in [6.07, 6.45) is 4.82. The monoisotopic (exact) mass is 359 g/mol. The lowest BCUT2D eigenvalue weighted by molar-refractivity contribution is -0.121. The summed E-state index contributed by atoms with van der Waals surface area (Å²) in [5.41, 5.74) is 3.92. The summed E-state index contributed by atoms with van der Waals surface area (Å²) in [7, 11) is 0. The molecule has 0 aliphatic heterocycles. The zero-order chi connectivity index (χ0) is 18.6. The highest BCUT2D eigenvalue weighted by Gasteiger charge is 2.14. The molecule has 27 heavy (non-hydrogen) atoms. The van der Waals surface area contributed by atoms with Gasteiger partial charge in [0, 0.05) is 12.6 Å². The Kier molecular flexibility index (Phi) is 4.70. The number of carbonyl (C=O) groups excluding carboxylic acids is 1. The van der Waals surface area contributed by atoms with Crippen LogP contribution in [0.25, 0.3) is 16.7 Å². The van der Waals surface area contributed by atoms with Crippen molar-refractivity contribution in [2.24, 2.45) is 0 Å². The van der Waals surface area contributed by atoms with E-state index in [1.54, 1.807) is 0 Å². The number of hydrogen-bond acceptors (Lipinski definition) is 3. The van der Waals surface area contributed by atoms with Crippen molar-refractivity contribution >= 4 is 16.9 Å². The number of fused-ring (bicyclic) bond motifs is 1. The Morgan fingerprint density at radius 3 is 2.74 bits per heavy atom. The standard InChI is InChI=1S/C21H21N5O/c1-15(21-24-18-9-5-6-10-19(18)25-21)23-20(27)12-11-16-13-22-26(14-16)17-7-3-2-4-8-17/h2-10,13-15H,11-12H2,1H3,(H,23,27)(H,24,25)/t15-/m0/s1. The maximum absolute atomic E-state index is 12.3. The number of hydrogen-bond donors (Lipinski definition) is 2. The third kappa shape index (κ3) is 3.89. The Bertz CT molecular complexity index is 1020. The molecule has 2 aromatic heterocycles. The van der Waals surface area contributed by atoms with Crippen LogP contribution in [0.2, 0.25) is 0 Å². The number of aromatic amines is 1. The first-order valence-corrected chi connectivity index (χ1v) is 9.02. The molecule has 0 radical (unpaired) electrons. The molecule has 2 aromatic carbocycles. The van der Waals surface area contributed by atoms with Gasteiger partial charge >= 0.3 is 0 Å². The molecular weight excluding hydrogens is 338 g/mol. The van der Waals surface area contributed by atoms with E-state index in [0.29, 0.717) is 12.8 Å². The molecule has 0 fully saturated rings. The Labute approximate surface area is 157 Å². The van der Waals surface area contributed by atoms with Crippen molar-refractivity contribution in [3.8, 4) is 5.69 Å². The second-order valence-corrected chi connectivity index (χ2v) is 6.56. The first-order chi connectivity index (χ1) is 13.2. The Morgan fingerprint density at radius 1 is 1.15 bits per heavy atom. The number of amides is 1. The Hall–Kier alpha value is -3.41. The summed E-state index contributed by atoms with van der Waals surface area (Å²) in [6.45, 7) is 1.93. The van der Waals surface area contributed by atoms with Crippen LogP contribution in [0, 0.1) is 0 Å². The van der Waals surface area contributed by atoms with E-state index >= 15 is 0 Å². The third-order valence-electron chi connectivity index (χ3n) is 4.49. The summed E-state index contributed by atoms with van der Waals surface area (Å²) in [4.78, 5) is 20.1. The van der Waals surface area contributed by atoms with Crippen LogP contribution in [0.15, 0.2) is 67.0 Å². The molecule has 0 bridgehead atoms. The molecule has 4 rings (SSSR count). The zero-order valence-corrected chi connectivity index (χ0v) is 15.1. The molecule has 0 saturated heterocycles. The fourth-order valence-electron chi connectivity index (χ4n) is 3.03. The number of aryl methyl sites for hydroxylation is 1. The first-order valence-electron chi connectivity index (χ1n) is 9.02. The number of imidazole rings is 1. The largest absolute Gasteiger partial charge is 0.346 e. The van der Waals surface area contributed by atoms with E-state index in [9.17, 15) is 4.79 Å². The van der Waals surface area contributed by atoms with E-state index in [4.69, 9.17) is 0 Å². The predicted molar refractivity (Wildman–Crippen MR) is 105 cm³/mol. The molecule has 136 valence electrons. The second kappa shape index (κ2) is 7.45. The SMILES string of the molecule is C[C@H](NC(=O)CCc1cnn(-c2ccccc2)c1)c1nc2ccccc2[nH]1. The average molecular weight is 359 g/mol. The Balaban J connectivity index is 1.33. The highest BCUT2D eigenvalue weighted by atomic mass is 16.1. The molecule has 2 N–H and O–H groups in total. The summed E-state index contributed by atoms with van der Waals surface area (Å²) in [5.74, 6) is 0.761. The van der Waals surface area contributed by atoms with Crippen LogP contribution in [0.3, 0.4) is 0 Å². The van der Waals surface area contributed by atoms with Gasteiger partial charge in [-0.2, -0.15) is 5.10 Å². The van der Waals surface area contributed by atoms with E-state index in [0.717, 1.165) is 28.1 Å². The smallest absolute Gasteiger partial charge is 0.220 e. The molecule has 0 spiro atoms. The lowest BCUT2D eigenvalue weighted by Crippen LogP contribution is -2.27. The van der Waals surface area contributed by atoms with Gasteiger partial charge in [-0.3, -0.25) is 4.79 Å². The first kappa shape index (κ1) is 17.0. The fraction of sp³-hybridized carbons (Fsp3) is 0.190. The molecule has 4 aromatic rings. The van der Waals surface area contributed by atoms with Gasteiger partial charge in [-0.25, -0.2) is 9.67 Å². The van der Waals surface area contributed by atoms with Crippen LogP contribution in [0.1, 0.15) is 30.8 Å². The number of H-pyrrole nitrogens is 1. The maximum atomic E-state index is 12.3. The van der Waals surface area contributed by atoms with Crippen LogP contribution < -0.4 is 5.32 Å². The van der Waals surface area contributed by atoms with Crippen molar-refractivity contribution in [2.45, 2.75) is 25.8 Å². The second-order valence-electron chi connectivity index (χ2n) is 6.56. The van der Waals surface area contributed by atoms with Gasteiger partial charge in [0.15, 0.2) is 0 Å². The number of aromatic nitrogens is 4. The highest BCUT2D eigenvalue weighted by molar-refractivity contribution is 5.77. The number of para-hydroxylation sites is 3. The minimum atomic E-state index is -0.169. The van der Waals surface area contributed by atoms with Crippen molar-refractivity contribution < 1.29 is 4.79 Å². The van der Waals surface area contributed by atoms with Gasteiger partial charge in [0.1, 0.15) is 5.82 Å². The average Bonchev–Trinajstić information content (AvgIpc) is 3.34. The lowest BCUT2D eigenvalue weighted by Gasteiger charge is -2.11. The van der Waals surface area contributed by atoms with Crippen molar-refractivity contribution in [3.05, 3.63) is 78.4 Å². The number of carbonyl (C=O) groups is 1. The molecular formula is C21H21N5O. The minimum Gasteiger partial charge on any atom is -0.346 e. The molecule has 0 saturated carbocycles. The molecule has 0 unspecified atom stereocenters. The van der Waals surface area contributed by atoms with Crippen LogP contribution in [-0.4, -0.2) is 25.7 Å². The Morgan fingerprint density at radius 2 is 1.93 bits per heavy atom. The molecule has 1 atom stereocenters. The van der Waals surface area contributed by atoms with Crippen molar-refractivity contribution in [3.63, 3.8) is 0 Å². The van der Waals surface area contributed by atoms with Gasteiger partial charge < -0.3 is 10.3 Å². The molecule has 0 aliphatic rings. The van der Waals surface area contributed by atoms with E-state index in [1.807, 2.05) is 78.6 Å². The van der Waals surface area contributed by atoms with Crippen molar-refractivity contribution in [1.82, 2.24) is 25.1 Å². The minimum absolute atomic E-state index is 0.00424. The van der Waals surface area contributed by atoms with Gasteiger partial charge in [-0.15, -0.1) is 0 Å². The van der Waals surface area contributed by atoms with Gasteiger partial charge in [-0.1, -0.05) is 30.3 Å². The number of rotatable bonds is 6. The fourth-order valence-corrected chi connectivity index (χ4v) is 3.03. The summed E-state index contributed by atoms with van der Waals surface area (Å²) >= 11 is 0. The van der Waals surface area contributed by atoms with Crippen LogP contribution >= 0.6 is 0 Å². The lowest BCUT2D eigenvalue weighted by atomic mass is 10.2. The van der Waals surface area contributed by atoms with E-state index in [1.165, 1.54) is 0 Å². The summed E-state index contributed by atoms with van der Waals surface area (Å²) in [6, 6.07) is 17.6. The number of benzene rings is 2. The maximum Gasteiger partial charge on any atom is 0.220 e. The van der Waals surface area contributed by atoms with E-state index in [2.05, 4.69) is 20.4 Å². The third-order valence-corrected chi connectivity index (χ3v) is 4.49. The van der Waals surface area contributed by atoms with Crippen molar-refractivity contribution in [2.75, 3.05) is 0 Å². The molecule has 0 aliphatic carbocycles. The topological polar surface area (TPSA) is 75.6 Å². The molecule has 6 nitrogen and oxygen atoms in total. The predicted octanol–water partition coefficient (Wildman–Crippen LogP) is 3.56. The number of nitrogens with one attached hydrogen (secondary N) is 2. The van der Waals surface area contributed by atoms with E-state index in [-0.39, 0.29) is 11.9 Å². The van der Waals surface area contributed by atoms with Crippen LogP contribution in [0.4, 0.5) is 0 Å². The van der Waals surface area contributed by atoms with Gasteiger partial charge in [0.2, 0.25) is 5.91 Å². The molecule has 1 amide bonds. The van der Waals surface area contributed by atoms with Crippen LogP contribution in [-0.2, 0) is 11.2 Å². The normalized spacial score (nSPS) is 12.2. The highest BCUT2D eigenvalue weighted by Crippen LogP contribution is 2.16. The van der Waals surface area contributed by atoms with Crippen molar-refractivity contribution in [1.29, 1.82) is 0 Å². The summed E-state index contributed by atoms with van der Waals surface area (Å²) < 4.78 is 1.82. The summed E-state index contributed by atoms with van der Waals surface area (Å²) in [5, 5.41) is 7.37. The van der Waals surface area contributed by atoms with Gasteiger partial charge in [0.25, 0.3) is 0 Å². The van der Waals surface area contributed by atoms with Gasteiger partial charge in [-0.05, 0) is 43.2 Å². The van der Waals surface area contributed by atoms with Gasteiger partial charge in [0.05, 0.1) is 29.0 Å².